The lowest BCUT2D eigenvalue weighted by Gasteiger charge is -2.09. The molecule has 6 heteroatoms. The molecule has 0 amide bonds. The van der Waals surface area contributed by atoms with Gasteiger partial charge in [0.2, 0.25) is 10.0 Å². The molecule has 0 radical (unpaired) electrons. The monoisotopic (exact) mass is 311 g/mol. The molecule has 0 aliphatic carbocycles. The van der Waals surface area contributed by atoms with E-state index in [1.807, 2.05) is 0 Å². The topological polar surface area (TPSA) is 59.3 Å². The van der Waals surface area contributed by atoms with Crippen molar-refractivity contribution < 1.29 is 12.8 Å². The summed E-state index contributed by atoms with van der Waals surface area (Å²) in [5, 5.41) is 1.73. The van der Waals surface area contributed by atoms with Crippen molar-refractivity contribution in [3.05, 3.63) is 64.4 Å². The van der Waals surface area contributed by atoms with Gasteiger partial charge in [0.25, 0.3) is 0 Å². The van der Waals surface area contributed by atoms with Gasteiger partial charge in [-0.3, -0.25) is 0 Å². The zero-order valence-corrected chi connectivity index (χ0v) is 12.4. The van der Waals surface area contributed by atoms with Gasteiger partial charge < -0.3 is 4.42 Å². The Hall–Kier alpha value is -1.56. The summed E-state index contributed by atoms with van der Waals surface area (Å²) in [6.07, 6.45) is 3.01. The van der Waals surface area contributed by atoms with Gasteiger partial charge >= 0.3 is 0 Å². The number of rotatable bonds is 5. The van der Waals surface area contributed by atoms with Crippen molar-refractivity contribution in [3.8, 4) is 0 Å². The van der Waals surface area contributed by atoms with Crippen molar-refractivity contribution in [2.24, 2.45) is 0 Å². The number of hydrogen-bond acceptors (Lipinski definition) is 3. The van der Waals surface area contributed by atoms with Crippen molar-refractivity contribution >= 4 is 27.7 Å². The average Bonchev–Trinajstić information content (AvgIpc) is 2.91. The van der Waals surface area contributed by atoms with E-state index in [-0.39, 0.29) is 0 Å². The third-order valence-corrected chi connectivity index (χ3v) is 4.05. The van der Waals surface area contributed by atoms with Gasteiger partial charge in [-0.05, 0) is 42.8 Å². The van der Waals surface area contributed by atoms with Crippen molar-refractivity contribution in [3.63, 3.8) is 0 Å². The summed E-state index contributed by atoms with van der Waals surface area (Å²) in [6, 6.07) is 9.89. The Labute approximate surface area is 123 Å². The van der Waals surface area contributed by atoms with Crippen LogP contribution in [0.3, 0.4) is 0 Å². The Morgan fingerprint density at radius 3 is 2.55 bits per heavy atom. The van der Waals surface area contributed by atoms with E-state index >= 15 is 0 Å². The molecule has 0 saturated heterocycles. The summed E-state index contributed by atoms with van der Waals surface area (Å²) < 4.78 is 31.5. The van der Waals surface area contributed by atoms with Gasteiger partial charge in [-0.1, -0.05) is 23.7 Å². The molecule has 106 valence electrons. The molecule has 4 nitrogen and oxygen atoms in total. The minimum Gasteiger partial charge on any atom is -0.468 e. The molecule has 0 spiro atoms. The van der Waals surface area contributed by atoms with Crippen LogP contribution in [-0.2, 0) is 10.0 Å². The SMILES string of the molecule is C[C@@H](NS(=O)(=O)/C=C/c1ccc(Cl)cc1)c1ccco1. The highest BCUT2D eigenvalue weighted by molar-refractivity contribution is 7.92. The summed E-state index contributed by atoms with van der Waals surface area (Å²) in [6.45, 7) is 1.71. The van der Waals surface area contributed by atoms with Gasteiger partial charge in [0, 0.05) is 10.4 Å². The van der Waals surface area contributed by atoms with Gasteiger partial charge in [0.05, 0.1) is 12.3 Å². The summed E-state index contributed by atoms with van der Waals surface area (Å²) >= 11 is 5.76. The van der Waals surface area contributed by atoms with Crippen LogP contribution in [0.25, 0.3) is 6.08 Å². The van der Waals surface area contributed by atoms with E-state index in [1.165, 1.54) is 12.3 Å². The molecule has 0 aliphatic heterocycles. The first-order valence-corrected chi connectivity index (χ1v) is 7.88. The zero-order valence-electron chi connectivity index (χ0n) is 10.8. The van der Waals surface area contributed by atoms with E-state index in [2.05, 4.69) is 4.72 Å². The fraction of sp³-hybridized carbons (Fsp3) is 0.143. The van der Waals surface area contributed by atoms with Crippen LogP contribution in [0.2, 0.25) is 5.02 Å². The van der Waals surface area contributed by atoms with E-state index in [0.29, 0.717) is 10.8 Å². The Kier molecular flexibility index (Phi) is 4.65. The van der Waals surface area contributed by atoms with Crippen molar-refractivity contribution in [2.45, 2.75) is 13.0 Å². The largest absolute Gasteiger partial charge is 0.468 e. The maximum absolute atomic E-state index is 11.9. The molecule has 1 atom stereocenters. The molecule has 1 heterocycles. The summed E-state index contributed by atoms with van der Waals surface area (Å²) in [5.41, 5.74) is 0.755. The molecule has 1 N–H and O–H groups in total. The lowest BCUT2D eigenvalue weighted by Crippen LogP contribution is -2.24. The highest BCUT2D eigenvalue weighted by Crippen LogP contribution is 2.15. The van der Waals surface area contributed by atoms with Gasteiger partial charge in [-0.25, -0.2) is 13.1 Å². The summed E-state index contributed by atoms with van der Waals surface area (Å²) in [4.78, 5) is 0. The molecule has 0 bridgehead atoms. The molecule has 20 heavy (non-hydrogen) atoms. The number of nitrogens with one attached hydrogen (secondary N) is 1. The quantitative estimate of drug-likeness (QED) is 0.918. The van der Waals surface area contributed by atoms with Crippen LogP contribution < -0.4 is 4.72 Å². The first-order valence-electron chi connectivity index (χ1n) is 5.96. The van der Waals surface area contributed by atoms with Gasteiger partial charge in [-0.2, -0.15) is 0 Å². The number of sulfonamides is 1. The third-order valence-electron chi connectivity index (χ3n) is 2.62. The molecule has 1 aromatic carbocycles. The van der Waals surface area contributed by atoms with Crippen LogP contribution >= 0.6 is 11.6 Å². The fourth-order valence-electron chi connectivity index (χ4n) is 1.62. The summed E-state index contributed by atoms with van der Waals surface area (Å²) in [7, 11) is -3.54. The van der Waals surface area contributed by atoms with Crippen LogP contribution in [0.15, 0.2) is 52.5 Å². The highest BCUT2D eigenvalue weighted by atomic mass is 35.5. The first kappa shape index (κ1) is 14.8. The normalized spacial score (nSPS) is 13.7. The minimum absolute atomic E-state index is 0.426. The second kappa shape index (κ2) is 6.26. The predicted molar refractivity (Wildman–Crippen MR) is 79.7 cm³/mol. The molecule has 0 saturated carbocycles. The molecular formula is C14H14ClNO3S. The third kappa shape index (κ3) is 4.23. The van der Waals surface area contributed by atoms with E-state index in [0.717, 1.165) is 11.0 Å². The summed E-state index contributed by atoms with van der Waals surface area (Å²) in [5.74, 6) is 0.563. The first-order chi connectivity index (χ1) is 9.46. The zero-order chi connectivity index (χ0) is 14.6. The van der Waals surface area contributed by atoms with Gasteiger partial charge in [-0.15, -0.1) is 0 Å². The lowest BCUT2D eigenvalue weighted by molar-refractivity contribution is 0.461. The molecule has 2 aromatic rings. The molecule has 0 fully saturated rings. The molecule has 0 aliphatic rings. The average molecular weight is 312 g/mol. The molecular weight excluding hydrogens is 298 g/mol. The molecule has 1 aromatic heterocycles. The van der Waals surface area contributed by atoms with Crippen molar-refractivity contribution in [1.29, 1.82) is 0 Å². The Bertz CT molecular complexity index is 676. The predicted octanol–water partition coefficient (Wildman–Crippen LogP) is 3.58. The highest BCUT2D eigenvalue weighted by Gasteiger charge is 2.14. The minimum atomic E-state index is -3.54. The van der Waals surface area contributed by atoms with E-state index in [9.17, 15) is 8.42 Å². The maximum atomic E-state index is 11.9. The van der Waals surface area contributed by atoms with Crippen LogP contribution in [-0.4, -0.2) is 8.42 Å². The van der Waals surface area contributed by atoms with Gasteiger partial charge in [0.15, 0.2) is 0 Å². The van der Waals surface area contributed by atoms with Crippen LogP contribution in [0.1, 0.15) is 24.3 Å². The molecule has 0 unspecified atom stereocenters. The standard InChI is InChI=1S/C14H14ClNO3S/c1-11(14-3-2-9-19-14)16-20(17,18)10-8-12-4-6-13(15)7-5-12/h2-11,16H,1H3/b10-8+/t11-/m1/s1. The Morgan fingerprint density at radius 2 is 1.95 bits per heavy atom. The fourth-order valence-corrected chi connectivity index (χ4v) is 2.77. The number of hydrogen-bond donors (Lipinski definition) is 1. The van der Waals surface area contributed by atoms with E-state index in [1.54, 1.807) is 43.3 Å². The second-order valence-electron chi connectivity index (χ2n) is 4.25. The van der Waals surface area contributed by atoms with E-state index < -0.39 is 16.1 Å². The van der Waals surface area contributed by atoms with Crippen LogP contribution in [0.4, 0.5) is 0 Å². The number of furan rings is 1. The molecule has 2 rings (SSSR count). The Morgan fingerprint density at radius 1 is 1.25 bits per heavy atom. The van der Waals surface area contributed by atoms with Crippen molar-refractivity contribution in [2.75, 3.05) is 0 Å². The second-order valence-corrected chi connectivity index (χ2v) is 6.29. The number of halogens is 1. The van der Waals surface area contributed by atoms with E-state index in [4.69, 9.17) is 16.0 Å². The van der Waals surface area contributed by atoms with Crippen LogP contribution in [0.5, 0.6) is 0 Å². The maximum Gasteiger partial charge on any atom is 0.234 e. The van der Waals surface area contributed by atoms with Crippen LogP contribution in [0, 0.1) is 0 Å². The van der Waals surface area contributed by atoms with Gasteiger partial charge in [0.1, 0.15) is 5.76 Å². The lowest BCUT2D eigenvalue weighted by atomic mass is 10.2. The number of benzene rings is 1. The van der Waals surface area contributed by atoms with Crippen molar-refractivity contribution in [1.82, 2.24) is 4.72 Å². The Balaban J connectivity index is 2.05. The smallest absolute Gasteiger partial charge is 0.234 e.